The maximum atomic E-state index is 5.44. The van der Waals surface area contributed by atoms with E-state index in [4.69, 9.17) is 4.74 Å². The van der Waals surface area contributed by atoms with Crippen molar-refractivity contribution in [2.45, 2.75) is 6.04 Å². The number of anilines is 1. The second kappa shape index (κ2) is 4.64. The molecule has 15 heavy (non-hydrogen) atoms. The quantitative estimate of drug-likeness (QED) is 0.792. The zero-order chi connectivity index (χ0) is 10.7. The third-order valence-corrected chi connectivity index (χ3v) is 2.73. The highest BCUT2D eigenvalue weighted by Gasteiger charge is 2.14. The van der Waals surface area contributed by atoms with E-state index in [1.165, 1.54) is 11.3 Å². The number of nitrogens with zero attached hydrogens (tertiary/aromatic N) is 1. The molecular weight excluding hydrogens is 188 g/mol. The SMILES string of the molecule is CN(C)c1ccc(C2COCCN2)cc1. The summed E-state index contributed by atoms with van der Waals surface area (Å²) in [6, 6.07) is 8.98. The lowest BCUT2D eigenvalue weighted by molar-refractivity contribution is 0.0769. The lowest BCUT2D eigenvalue weighted by Gasteiger charge is -2.24. The van der Waals surface area contributed by atoms with Crippen molar-refractivity contribution in [2.75, 3.05) is 38.8 Å². The number of hydrogen-bond acceptors (Lipinski definition) is 3. The first-order valence-corrected chi connectivity index (χ1v) is 5.36. The number of hydrogen-bond donors (Lipinski definition) is 1. The van der Waals surface area contributed by atoms with Crippen molar-refractivity contribution in [3.8, 4) is 0 Å². The van der Waals surface area contributed by atoms with Crippen molar-refractivity contribution in [2.24, 2.45) is 0 Å². The minimum absolute atomic E-state index is 0.356. The van der Waals surface area contributed by atoms with Crippen LogP contribution in [0.2, 0.25) is 0 Å². The van der Waals surface area contributed by atoms with Crippen LogP contribution in [0.25, 0.3) is 0 Å². The molecule has 1 fully saturated rings. The minimum Gasteiger partial charge on any atom is -0.378 e. The summed E-state index contributed by atoms with van der Waals surface area (Å²) in [5, 5.41) is 3.45. The standard InChI is InChI=1S/C12H18N2O/c1-14(2)11-5-3-10(4-6-11)12-9-15-8-7-13-12/h3-6,12-13H,7-9H2,1-2H3. The first-order chi connectivity index (χ1) is 7.27. The summed E-state index contributed by atoms with van der Waals surface area (Å²) in [5.41, 5.74) is 2.54. The Kier molecular flexibility index (Phi) is 3.23. The smallest absolute Gasteiger partial charge is 0.0662 e. The highest BCUT2D eigenvalue weighted by atomic mass is 16.5. The molecule has 82 valence electrons. The van der Waals surface area contributed by atoms with E-state index in [-0.39, 0.29) is 0 Å². The van der Waals surface area contributed by atoms with Crippen molar-refractivity contribution in [1.29, 1.82) is 0 Å². The molecule has 2 rings (SSSR count). The van der Waals surface area contributed by atoms with Crippen LogP contribution in [-0.4, -0.2) is 33.9 Å². The number of rotatable bonds is 2. The van der Waals surface area contributed by atoms with Crippen molar-refractivity contribution in [3.05, 3.63) is 29.8 Å². The Bertz CT molecular complexity index is 302. The fraction of sp³-hybridized carbons (Fsp3) is 0.500. The molecule has 0 amide bonds. The van der Waals surface area contributed by atoms with Crippen molar-refractivity contribution >= 4 is 5.69 Å². The van der Waals surface area contributed by atoms with Crippen molar-refractivity contribution in [3.63, 3.8) is 0 Å². The van der Waals surface area contributed by atoms with Crippen LogP contribution in [0.4, 0.5) is 5.69 Å². The summed E-state index contributed by atoms with van der Waals surface area (Å²) in [5.74, 6) is 0. The minimum atomic E-state index is 0.356. The summed E-state index contributed by atoms with van der Waals surface area (Å²) >= 11 is 0. The van der Waals surface area contributed by atoms with Gasteiger partial charge in [0, 0.05) is 26.3 Å². The van der Waals surface area contributed by atoms with Crippen LogP contribution in [0.3, 0.4) is 0 Å². The monoisotopic (exact) mass is 206 g/mol. The van der Waals surface area contributed by atoms with Gasteiger partial charge in [-0.05, 0) is 17.7 Å². The van der Waals surface area contributed by atoms with Gasteiger partial charge in [-0.2, -0.15) is 0 Å². The molecule has 0 spiro atoms. The molecule has 3 nitrogen and oxygen atoms in total. The van der Waals surface area contributed by atoms with Gasteiger partial charge < -0.3 is 15.0 Å². The maximum absolute atomic E-state index is 5.44. The Hall–Kier alpha value is -1.06. The third-order valence-electron chi connectivity index (χ3n) is 2.73. The van der Waals surface area contributed by atoms with Crippen LogP contribution < -0.4 is 10.2 Å². The average molecular weight is 206 g/mol. The van der Waals surface area contributed by atoms with Gasteiger partial charge in [0.1, 0.15) is 0 Å². The Morgan fingerprint density at radius 2 is 2.00 bits per heavy atom. The Morgan fingerprint density at radius 3 is 2.53 bits per heavy atom. The summed E-state index contributed by atoms with van der Waals surface area (Å²) in [4.78, 5) is 2.11. The second-order valence-corrected chi connectivity index (χ2v) is 4.07. The van der Waals surface area contributed by atoms with Crippen LogP contribution in [0, 0.1) is 0 Å². The molecule has 1 unspecified atom stereocenters. The fourth-order valence-electron chi connectivity index (χ4n) is 1.78. The molecule has 1 heterocycles. The molecule has 1 aliphatic heterocycles. The molecule has 1 aromatic rings. The molecule has 1 aromatic carbocycles. The van der Waals surface area contributed by atoms with Gasteiger partial charge in [-0.1, -0.05) is 12.1 Å². The van der Waals surface area contributed by atoms with Gasteiger partial charge in [-0.25, -0.2) is 0 Å². The number of benzene rings is 1. The van der Waals surface area contributed by atoms with E-state index in [0.717, 1.165) is 19.8 Å². The molecule has 1 saturated heterocycles. The van der Waals surface area contributed by atoms with Crippen LogP contribution in [-0.2, 0) is 4.74 Å². The van der Waals surface area contributed by atoms with Crippen LogP contribution in [0.5, 0.6) is 0 Å². The molecule has 0 aromatic heterocycles. The van der Waals surface area contributed by atoms with Gasteiger partial charge in [0.2, 0.25) is 0 Å². The molecule has 0 aliphatic carbocycles. The number of ether oxygens (including phenoxy) is 1. The molecule has 1 atom stereocenters. The highest BCUT2D eigenvalue weighted by Crippen LogP contribution is 2.19. The normalized spacial score (nSPS) is 21.3. The summed E-state index contributed by atoms with van der Waals surface area (Å²) in [6.07, 6.45) is 0. The third kappa shape index (κ3) is 2.49. The average Bonchev–Trinajstić information content (AvgIpc) is 2.30. The zero-order valence-electron chi connectivity index (χ0n) is 9.36. The van der Waals surface area contributed by atoms with Gasteiger partial charge in [0.05, 0.1) is 19.3 Å². The molecule has 3 heteroatoms. The van der Waals surface area contributed by atoms with Gasteiger partial charge in [0.15, 0.2) is 0 Å². The van der Waals surface area contributed by atoms with Gasteiger partial charge in [-0.15, -0.1) is 0 Å². The first kappa shape index (κ1) is 10.5. The van der Waals surface area contributed by atoms with E-state index in [1.807, 2.05) is 0 Å². The maximum Gasteiger partial charge on any atom is 0.0662 e. The summed E-state index contributed by atoms with van der Waals surface area (Å²) < 4.78 is 5.44. The van der Waals surface area contributed by atoms with E-state index in [2.05, 4.69) is 48.6 Å². The molecule has 0 radical (unpaired) electrons. The predicted octanol–water partition coefficient (Wildman–Crippen LogP) is 1.41. The highest BCUT2D eigenvalue weighted by molar-refractivity contribution is 5.46. The Morgan fingerprint density at radius 1 is 1.27 bits per heavy atom. The topological polar surface area (TPSA) is 24.5 Å². The van der Waals surface area contributed by atoms with Crippen LogP contribution >= 0.6 is 0 Å². The van der Waals surface area contributed by atoms with Gasteiger partial charge in [-0.3, -0.25) is 0 Å². The fourth-order valence-corrected chi connectivity index (χ4v) is 1.78. The molecule has 1 aliphatic rings. The lowest BCUT2D eigenvalue weighted by Crippen LogP contribution is -2.34. The van der Waals surface area contributed by atoms with Crippen molar-refractivity contribution in [1.82, 2.24) is 5.32 Å². The molecule has 0 bridgehead atoms. The van der Waals surface area contributed by atoms with Crippen molar-refractivity contribution < 1.29 is 4.74 Å². The molecular formula is C12H18N2O. The van der Waals surface area contributed by atoms with Crippen LogP contribution in [0.1, 0.15) is 11.6 Å². The molecule has 0 saturated carbocycles. The summed E-state index contributed by atoms with van der Waals surface area (Å²) in [6.45, 7) is 2.55. The van der Waals surface area contributed by atoms with E-state index in [1.54, 1.807) is 0 Å². The number of morpholine rings is 1. The lowest BCUT2D eigenvalue weighted by atomic mass is 10.1. The van der Waals surface area contributed by atoms with E-state index >= 15 is 0 Å². The molecule has 1 N–H and O–H groups in total. The Labute approximate surface area is 91.0 Å². The predicted molar refractivity (Wildman–Crippen MR) is 62.3 cm³/mol. The van der Waals surface area contributed by atoms with E-state index < -0.39 is 0 Å². The van der Waals surface area contributed by atoms with E-state index in [0.29, 0.717) is 6.04 Å². The second-order valence-electron chi connectivity index (χ2n) is 4.07. The zero-order valence-corrected chi connectivity index (χ0v) is 9.36. The van der Waals surface area contributed by atoms with Crippen LogP contribution in [0.15, 0.2) is 24.3 Å². The summed E-state index contributed by atoms with van der Waals surface area (Å²) in [7, 11) is 4.11. The van der Waals surface area contributed by atoms with Gasteiger partial charge >= 0.3 is 0 Å². The number of nitrogens with one attached hydrogen (secondary N) is 1. The Balaban J connectivity index is 2.08. The van der Waals surface area contributed by atoms with E-state index in [9.17, 15) is 0 Å². The van der Waals surface area contributed by atoms with Gasteiger partial charge in [0.25, 0.3) is 0 Å². The first-order valence-electron chi connectivity index (χ1n) is 5.36. The largest absolute Gasteiger partial charge is 0.378 e.